The number of benzene rings is 5. The molecule has 1 aliphatic rings. The van der Waals surface area contributed by atoms with Crippen LogP contribution >= 0.6 is 46.2 Å². The van der Waals surface area contributed by atoms with Gasteiger partial charge in [0.15, 0.2) is 46.3 Å². The molecule has 0 radical (unpaired) electrons. The summed E-state index contributed by atoms with van der Waals surface area (Å²) in [5.41, 5.74) is 10.9. The number of nitrogens with zero attached hydrogens (tertiary/aromatic N) is 7. The molecule has 0 bridgehead atoms. The number of hydrogen-bond acceptors (Lipinski definition) is 22. The van der Waals surface area contributed by atoms with Gasteiger partial charge in [-0.05, 0) is 239 Å². The second-order valence-electron chi connectivity index (χ2n) is 31.1. The van der Waals surface area contributed by atoms with Gasteiger partial charge in [0.25, 0.3) is 0 Å². The third-order valence-electron chi connectivity index (χ3n) is 21.1. The van der Waals surface area contributed by atoms with Gasteiger partial charge in [-0.2, -0.15) is 0 Å². The van der Waals surface area contributed by atoms with Crippen LogP contribution in [0.25, 0.3) is 62.4 Å². The van der Waals surface area contributed by atoms with E-state index in [2.05, 4.69) is 90.0 Å². The van der Waals surface area contributed by atoms with E-state index in [9.17, 15) is 32.3 Å². The number of fused-ring (bicyclic) bond motifs is 3. The molecule has 5 aromatic carbocycles. The van der Waals surface area contributed by atoms with Crippen LogP contribution in [0.15, 0.2) is 224 Å². The fourth-order valence-electron chi connectivity index (χ4n) is 14.2. The highest BCUT2D eigenvalue weighted by Crippen LogP contribution is 2.50. The second kappa shape index (κ2) is 43.8. The Morgan fingerprint density at radius 3 is 1.10 bits per heavy atom. The van der Waals surface area contributed by atoms with Crippen LogP contribution in [0.2, 0.25) is 0 Å². The number of thiophene rings is 3. The van der Waals surface area contributed by atoms with Crippen LogP contribution in [0.1, 0.15) is 115 Å². The molecule has 0 aliphatic heterocycles. The van der Waals surface area contributed by atoms with E-state index >= 15 is 8.78 Å². The number of aromatic nitrogens is 7. The van der Waals surface area contributed by atoms with E-state index in [-0.39, 0.29) is 97.0 Å². The maximum atomic E-state index is 15.3. The Bertz CT molecular complexity index is 6340. The smallest absolute Gasteiger partial charge is 0.166 e. The third kappa shape index (κ3) is 24.9. The molecule has 0 saturated heterocycles. The highest BCUT2D eigenvalue weighted by molar-refractivity contribution is 7.80. The molecule has 0 amide bonds. The normalized spacial score (nSPS) is 12.0. The first-order valence-electron chi connectivity index (χ1n) is 42.3. The van der Waals surface area contributed by atoms with Gasteiger partial charge in [-0.3, -0.25) is 49.1 Å². The van der Waals surface area contributed by atoms with Crippen LogP contribution in [0, 0.1) is 41.4 Å². The second-order valence-corrected chi connectivity index (χ2v) is 34.9. The van der Waals surface area contributed by atoms with Crippen LogP contribution in [-0.4, -0.2) is 102 Å². The van der Waals surface area contributed by atoms with Crippen LogP contribution in [-0.2, 0) is 77.0 Å². The molecule has 1 fully saturated rings. The number of carbonyl (C=O) groups is 4. The van der Waals surface area contributed by atoms with Gasteiger partial charge < -0.3 is 34.7 Å². The Labute approximate surface area is 749 Å². The van der Waals surface area contributed by atoms with Crippen molar-refractivity contribution >= 4 is 105 Å². The van der Waals surface area contributed by atoms with Crippen molar-refractivity contribution < 1.29 is 59.9 Å². The van der Waals surface area contributed by atoms with Crippen LogP contribution in [0.3, 0.4) is 0 Å². The molecule has 16 rings (SSSR count). The predicted molar refractivity (Wildman–Crippen MR) is 494 cm³/mol. The Morgan fingerprint density at radius 1 is 0.394 bits per heavy atom. The maximum Gasteiger partial charge on any atom is 0.166 e. The van der Waals surface area contributed by atoms with Crippen molar-refractivity contribution in [3.63, 3.8) is 0 Å². The average molecular weight is 1790 g/mol. The quantitative estimate of drug-likeness (QED) is 0.0140. The van der Waals surface area contributed by atoms with Crippen molar-refractivity contribution in [1.82, 2.24) is 51.0 Å². The van der Waals surface area contributed by atoms with E-state index in [4.69, 9.17) is 31.0 Å². The number of Topliss-reactive ketones (excluding diaryl/α,β-unsaturated/α-hetero) is 4. The molecular weight excluding hydrogens is 1690 g/mol. The fourth-order valence-corrected chi connectivity index (χ4v) is 17.7. The summed E-state index contributed by atoms with van der Waals surface area (Å²) >= 11 is 9.89. The fraction of sp³-hybridized carbons (Fsp3) is 0.260. The van der Waals surface area contributed by atoms with E-state index in [1.54, 1.807) is 104 Å². The lowest BCUT2D eigenvalue weighted by Gasteiger charge is -2.14. The van der Waals surface area contributed by atoms with Gasteiger partial charge in [0.1, 0.15) is 46.2 Å². The van der Waals surface area contributed by atoms with Gasteiger partial charge >= 0.3 is 0 Å². The van der Waals surface area contributed by atoms with Gasteiger partial charge in [-0.1, -0.05) is 98.8 Å². The SMILES string of the molecule is CCCNCCc1ccc(-c2cc3nccc(Oc4ccc(CC(=O)C5(C(=O)Cc6ccc(F)cc6)CC5)cc4F)c3s2)nc1.CCCNCCc1ccc(-c2cc3nccc(Oc4ccc(CC(=O)Cc5cc(C)on5)cc4F)c3s2)nc1.CCCNCCc1ccc(-c2cc3nccc(Oc4ccc(CC(=S)CC(=O)Cc5ccc(F)cc5)cc4F)c3s2)nc1. The summed E-state index contributed by atoms with van der Waals surface area (Å²) in [5.74, 6) is -0.595. The van der Waals surface area contributed by atoms with Crippen LogP contribution in [0.4, 0.5) is 22.0 Å². The summed E-state index contributed by atoms with van der Waals surface area (Å²) in [6.07, 6.45) is 18.5. The zero-order valence-electron chi connectivity index (χ0n) is 70.6. The molecule has 10 aromatic heterocycles. The molecule has 0 spiro atoms. The Hall–Kier alpha value is -12.2. The van der Waals surface area contributed by atoms with Crippen molar-refractivity contribution in [1.29, 1.82) is 0 Å². The van der Waals surface area contributed by atoms with E-state index < -0.39 is 22.9 Å². The van der Waals surface area contributed by atoms with Crippen molar-refractivity contribution in [2.45, 2.75) is 124 Å². The van der Waals surface area contributed by atoms with E-state index in [0.717, 1.165) is 151 Å². The average Bonchev–Trinajstić information content (AvgIpc) is 1.61. The molecular formula is C100H93F5N10O8S4. The first kappa shape index (κ1) is 91.0. The number of halogens is 5. The molecule has 3 N–H and O–H groups in total. The molecule has 10 heterocycles. The number of nitrogens with one attached hydrogen (secondary N) is 3. The number of carbonyl (C=O) groups excluding carboxylic acids is 4. The number of rotatable bonds is 40. The van der Waals surface area contributed by atoms with Crippen LogP contribution < -0.4 is 30.2 Å². The summed E-state index contributed by atoms with van der Waals surface area (Å²) in [5, 5.41) is 14.0. The van der Waals surface area contributed by atoms with Crippen molar-refractivity contribution in [3.05, 3.63) is 304 Å². The summed E-state index contributed by atoms with van der Waals surface area (Å²) in [6, 6.07) is 50.3. The summed E-state index contributed by atoms with van der Waals surface area (Å²) in [7, 11) is 0. The van der Waals surface area contributed by atoms with Gasteiger partial charge in [-0.15, -0.1) is 34.0 Å². The first-order valence-corrected chi connectivity index (χ1v) is 45.1. The monoisotopic (exact) mass is 1780 g/mol. The van der Waals surface area contributed by atoms with Crippen molar-refractivity contribution in [2.24, 2.45) is 5.41 Å². The standard InChI is InChI=1S/C36H33F2N3O3S.C34H31F2N3O2S2.C30H29FN4O3S/c1-2-15-39-16-11-24-5-9-28(41-22-24)32-21-29-35(45-32)31(12-17-40-29)44-30-10-6-25(18-27(30)38)20-34(43)36(13-14-36)33(42)19-23-3-7-26(37)8-4-23;1-2-13-37-14-11-23-5-9-29(39-21-23)33-20-30-34(43-33)32(12-15-38-30)41-31-10-6-24(18-28(31)36)17-27(42)19-26(40)16-22-3-7-25(35)8-4-22;1-3-10-32-11-8-20-4-6-25(34-18-20)29-17-26-30(39-29)28(9-12-33-26)37-27-7-5-21(15-24(27)31)14-23(36)16-22-13-19(2)38-35-22/h3-10,12,17-18,21-22,39H,2,11,13-16,19-20H2,1H3;3-10,12,15,18,20-21,37H,2,11,13-14,16-17,19H2,1H3;4-7,9,12-13,15,17-18,32H,3,8,10-11,14,16H2,1-2H3. The Balaban J connectivity index is 0.000000155. The highest BCUT2D eigenvalue weighted by atomic mass is 32.1. The summed E-state index contributed by atoms with van der Waals surface area (Å²) < 4.78 is 97.0. The van der Waals surface area contributed by atoms with Gasteiger partial charge in [0.2, 0.25) is 0 Å². The topological polar surface area (TPSA) is 235 Å². The molecule has 27 heteroatoms. The van der Waals surface area contributed by atoms with Crippen molar-refractivity contribution in [3.8, 4) is 66.2 Å². The number of ketones is 4. The molecule has 15 aromatic rings. The zero-order chi connectivity index (χ0) is 88.8. The number of hydrogen-bond donors (Lipinski definition) is 3. The molecule has 18 nitrogen and oxygen atoms in total. The molecule has 127 heavy (non-hydrogen) atoms. The lowest BCUT2D eigenvalue weighted by atomic mass is 9.88. The third-order valence-corrected chi connectivity index (χ3v) is 24.9. The maximum absolute atomic E-state index is 15.3. The van der Waals surface area contributed by atoms with E-state index in [1.807, 2.05) is 55.0 Å². The van der Waals surface area contributed by atoms with Crippen LogP contribution in [0.5, 0.6) is 34.5 Å². The van der Waals surface area contributed by atoms with Gasteiger partial charge in [-0.25, -0.2) is 22.0 Å². The number of thiocarbonyl (C=S) groups is 1. The predicted octanol–water partition coefficient (Wildman–Crippen LogP) is 22.2. The lowest BCUT2D eigenvalue weighted by molar-refractivity contribution is -0.134. The number of aryl methyl sites for hydroxylation is 1. The molecule has 1 aliphatic carbocycles. The minimum absolute atomic E-state index is 0.0290. The lowest BCUT2D eigenvalue weighted by Crippen LogP contribution is -2.28. The summed E-state index contributed by atoms with van der Waals surface area (Å²) in [6.45, 7) is 14.0. The van der Waals surface area contributed by atoms with E-state index in [0.29, 0.717) is 68.7 Å². The summed E-state index contributed by atoms with van der Waals surface area (Å²) in [4.78, 5) is 81.7. The van der Waals surface area contributed by atoms with Gasteiger partial charge in [0, 0.05) is 105 Å². The minimum Gasteiger partial charge on any atom is -0.453 e. The first-order chi connectivity index (χ1) is 61.7. The number of pyridine rings is 6. The Morgan fingerprint density at radius 2 is 0.748 bits per heavy atom. The molecule has 650 valence electrons. The molecule has 0 unspecified atom stereocenters. The van der Waals surface area contributed by atoms with E-state index in [1.165, 1.54) is 93.7 Å². The Kier molecular flexibility index (Phi) is 31.4. The minimum atomic E-state index is -1.04. The molecule has 1 saturated carbocycles. The highest BCUT2D eigenvalue weighted by Gasteiger charge is 2.54. The molecule has 0 atom stereocenters. The van der Waals surface area contributed by atoms with Gasteiger partial charge in [0.05, 0.1) is 79.9 Å². The zero-order valence-corrected chi connectivity index (χ0v) is 73.8. The van der Waals surface area contributed by atoms with Crippen molar-refractivity contribution in [2.75, 3.05) is 39.3 Å². The number of ether oxygens (including phenoxy) is 3. The largest absolute Gasteiger partial charge is 0.453 e.